The van der Waals surface area contributed by atoms with Crippen molar-refractivity contribution in [2.24, 2.45) is 0 Å². The number of carbonyl (C=O) groups excluding carboxylic acids is 1. The van der Waals surface area contributed by atoms with Crippen LogP contribution in [0.4, 0.5) is 13.2 Å². The fraction of sp³-hybridized carbons (Fsp3) is 0.625. The van der Waals surface area contributed by atoms with Gasteiger partial charge in [0.1, 0.15) is 6.54 Å². The summed E-state index contributed by atoms with van der Waals surface area (Å²) in [6, 6.07) is 0. The second kappa shape index (κ2) is 8.24. The van der Waals surface area contributed by atoms with Crippen LogP contribution in [0.25, 0.3) is 5.78 Å². The van der Waals surface area contributed by atoms with E-state index in [9.17, 15) is 18.0 Å². The Hall–Kier alpha value is -1.84. The fourth-order valence-corrected chi connectivity index (χ4v) is 2.99. The van der Waals surface area contributed by atoms with Gasteiger partial charge in [-0.1, -0.05) is 25.1 Å². The smallest absolute Gasteiger partial charge is 0.333 e. The standard InChI is InChI=1S/C16H22F3N5OS/c1-5-6-7-23(9-16(17,18)19)13(25)8-12-10(2)20-14-21-15(26-4)22-24(14)11(12)3/h5-9H2,1-4H3. The number of hydrogen-bond donors (Lipinski definition) is 0. The molecule has 2 rings (SSSR count). The average Bonchev–Trinajstić information content (AvgIpc) is 2.97. The maximum absolute atomic E-state index is 12.8. The van der Waals surface area contributed by atoms with Crippen LogP contribution >= 0.6 is 11.8 Å². The molecule has 2 heterocycles. The zero-order valence-electron chi connectivity index (χ0n) is 15.2. The third-order valence-corrected chi connectivity index (χ3v) is 4.58. The normalized spacial score (nSPS) is 12.0. The molecule has 0 aliphatic carbocycles. The van der Waals surface area contributed by atoms with Crippen molar-refractivity contribution in [1.29, 1.82) is 0 Å². The number of carbonyl (C=O) groups is 1. The Kier molecular flexibility index (Phi) is 6.48. The molecule has 0 bridgehead atoms. The van der Waals surface area contributed by atoms with E-state index in [-0.39, 0.29) is 13.0 Å². The summed E-state index contributed by atoms with van der Waals surface area (Å²) in [7, 11) is 0. The first-order valence-corrected chi connectivity index (χ1v) is 9.50. The molecule has 0 aliphatic rings. The van der Waals surface area contributed by atoms with E-state index in [0.29, 0.717) is 40.7 Å². The lowest BCUT2D eigenvalue weighted by atomic mass is 10.1. The molecule has 26 heavy (non-hydrogen) atoms. The van der Waals surface area contributed by atoms with E-state index in [1.807, 2.05) is 13.2 Å². The third-order valence-electron chi connectivity index (χ3n) is 4.04. The Morgan fingerprint density at radius 2 is 1.96 bits per heavy atom. The highest BCUT2D eigenvalue weighted by Gasteiger charge is 2.33. The van der Waals surface area contributed by atoms with E-state index in [2.05, 4.69) is 15.1 Å². The summed E-state index contributed by atoms with van der Waals surface area (Å²) < 4.78 is 40.0. The topological polar surface area (TPSA) is 63.4 Å². The highest BCUT2D eigenvalue weighted by molar-refractivity contribution is 7.98. The van der Waals surface area contributed by atoms with E-state index in [0.717, 1.165) is 4.90 Å². The number of hydrogen-bond acceptors (Lipinski definition) is 5. The van der Waals surface area contributed by atoms with Crippen LogP contribution in [0.1, 0.15) is 36.7 Å². The number of nitrogens with zero attached hydrogens (tertiary/aromatic N) is 5. The first kappa shape index (κ1) is 20.5. The molecule has 2 aromatic rings. The Morgan fingerprint density at radius 3 is 2.54 bits per heavy atom. The summed E-state index contributed by atoms with van der Waals surface area (Å²) >= 11 is 1.37. The largest absolute Gasteiger partial charge is 0.406 e. The van der Waals surface area contributed by atoms with Crippen LogP contribution in [0, 0.1) is 13.8 Å². The lowest BCUT2D eigenvalue weighted by molar-refractivity contribution is -0.160. The van der Waals surface area contributed by atoms with Gasteiger partial charge in [0.05, 0.1) is 6.42 Å². The quantitative estimate of drug-likeness (QED) is 0.681. The van der Waals surface area contributed by atoms with Gasteiger partial charge in [-0.2, -0.15) is 18.2 Å². The van der Waals surface area contributed by atoms with Crippen LogP contribution in [0.2, 0.25) is 0 Å². The van der Waals surface area contributed by atoms with Gasteiger partial charge in [0.2, 0.25) is 11.1 Å². The lowest BCUT2D eigenvalue weighted by Gasteiger charge is -2.24. The van der Waals surface area contributed by atoms with Crippen molar-refractivity contribution in [2.45, 2.75) is 51.4 Å². The van der Waals surface area contributed by atoms with Crippen LogP contribution in [0.3, 0.4) is 0 Å². The fourth-order valence-electron chi connectivity index (χ4n) is 2.65. The van der Waals surface area contributed by atoms with Gasteiger partial charge in [0.25, 0.3) is 5.78 Å². The van der Waals surface area contributed by atoms with Gasteiger partial charge in [0, 0.05) is 23.5 Å². The number of aryl methyl sites for hydroxylation is 2. The molecule has 0 fully saturated rings. The molecule has 2 aromatic heterocycles. The number of unbranched alkanes of at least 4 members (excludes halogenated alkanes) is 1. The first-order chi connectivity index (χ1) is 12.2. The molecule has 0 radical (unpaired) electrons. The van der Waals surface area contributed by atoms with E-state index in [1.54, 1.807) is 13.8 Å². The molecule has 6 nitrogen and oxygen atoms in total. The highest BCUT2D eigenvalue weighted by atomic mass is 32.2. The average molecular weight is 389 g/mol. The van der Waals surface area contributed by atoms with Crippen LogP contribution in [-0.2, 0) is 11.2 Å². The van der Waals surface area contributed by atoms with Crippen LogP contribution < -0.4 is 0 Å². The van der Waals surface area contributed by atoms with Crippen molar-refractivity contribution in [3.8, 4) is 0 Å². The molecular formula is C16H22F3N5OS. The Bertz CT molecular complexity index is 790. The molecule has 0 N–H and O–H groups in total. The molecular weight excluding hydrogens is 367 g/mol. The van der Waals surface area contributed by atoms with Crippen molar-refractivity contribution in [1.82, 2.24) is 24.5 Å². The molecule has 144 valence electrons. The van der Waals surface area contributed by atoms with Crippen molar-refractivity contribution < 1.29 is 18.0 Å². The van der Waals surface area contributed by atoms with Gasteiger partial charge in [-0.15, -0.1) is 5.10 Å². The second-order valence-electron chi connectivity index (χ2n) is 6.03. The predicted molar refractivity (Wildman–Crippen MR) is 93.3 cm³/mol. The van der Waals surface area contributed by atoms with Crippen LogP contribution in [-0.4, -0.2) is 55.9 Å². The Balaban J connectivity index is 2.30. The minimum atomic E-state index is -4.42. The molecule has 1 amide bonds. The van der Waals surface area contributed by atoms with Crippen molar-refractivity contribution >= 4 is 23.4 Å². The number of fused-ring (bicyclic) bond motifs is 1. The molecule has 0 saturated heterocycles. The predicted octanol–water partition coefficient (Wildman–Crippen LogP) is 3.20. The molecule has 0 spiro atoms. The van der Waals surface area contributed by atoms with E-state index >= 15 is 0 Å². The number of thioether (sulfide) groups is 1. The van der Waals surface area contributed by atoms with Crippen molar-refractivity contribution in [3.05, 3.63) is 17.0 Å². The zero-order chi connectivity index (χ0) is 19.5. The maximum Gasteiger partial charge on any atom is 0.406 e. The van der Waals surface area contributed by atoms with Gasteiger partial charge < -0.3 is 4.90 Å². The summed E-state index contributed by atoms with van der Waals surface area (Å²) in [5.74, 6) is -0.146. The number of halogens is 3. The number of aromatic nitrogens is 4. The van der Waals surface area contributed by atoms with E-state index in [4.69, 9.17) is 0 Å². The third kappa shape index (κ3) is 4.87. The minimum absolute atomic E-state index is 0.0859. The summed E-state index contributed by atoms with van der Waals surface area (Å²) in [5, 5.41) is 4.84. The van der Waals surface area contributed by atoms with Crippen molar-refractivity contribution in [2.75, 3.05) is 19.3 Å². The summed E-state index contributed by atoms with van der Waals surface area (Å²) in [6.07, 6.45) is -1.49. The zero-order valence-corrected chi connectivity index (χ0v) is 16.0. The first-order valence-electron chi connectivity index (χ1n) is 8.27. The number of alkyl halides is 3. The molecule has 0 aliphatic heterocycles. The maximum atomic E-state index is 12.8. The van der Waals surface area contributed by atoms with Crippen LogP contribution in [0.15, 0.2) is 5.16 Å². The molecule has 10 heteroatoms. The molecule has 0 aromatic carbocycles. The van der Waals surface area contributed by atoms with E-state index < -0.39 is 18.6 Å². The Labute approximate surface area is 154 Å². The van der Waals surface area contributed by atoms with Gasteiger partial charge in [-0.05, 0) is 26.5 Å². The van der Waals surface area contributed by atoms with E-state index in [1.165, 1.54) is 16.3 Å². The van der Waals surface area contributed by atoms with Gasteiger partial charge in [-0.3, -0.25) is 4.79 Å². The van der Waals surface area contributed by atoms with Gasteiger partial charge in [0.15, 0.2) is 0 Å². The molecule has 0 atom stereocenters. The Morgan fingerprint density at radius 1 is 1.27 bits per heavy atom. The molecule has 0 unspecified atom stereocenters. The number of rotatable bonds is 7. The second-order valence-corrected chi connectivity index (χ2v) is 6.81. The van der Waals surface area contributed by atoms with Crippen LogP contribution in [0.5, 0.6) is 0 Å². The van der Waals surface area contributed by atoms with Gasteiger partial charge >= 0.3 is 6.18 Å². The lowest BCUT2D eigenvalue weighted by Crippen LogP contribution is -2.40. The summed E-state index contributed by atoms with van der Waals surface area (Å²) in [6.45, 7) is 4.21. The van der Waals surface area contributed by atoms with Crippen molar-refractivity contribution in [3.63, 3.8) is 0 Å². The SMILES string of the molecule is CCCCN(CC(F)(F)F)C(=O)Cc1c(C)nc2nc(SC)nn2c1C. The highest BCUT2D eigenvalue weighted by Crippen LogP contribution is 2.20. The van der Waals surface area contributed by atoms with Gasteiger partial charge in [-0.25, -0.2) is 9.50 Å². The summed E-state index contributed by atoms with van der Waals surface area (Å²) in [4.78, 5) is 22.0. The number of amides is 1. The minimum Gasteiger partial charge on any atom is -0.333 e. The monoisotopic (exact) mass is 389 g/mol. The summed E-state index contributed by atoms with van der Waals surface area (Å²) in [5.41, 5.74) is 1.82. The molecule has 0 saturated carbocycles.